The van der Waals surface area contributed by atoms with Crippen LogP contribution in [0.25, 0.3) is 0 Å². The van der Waals surface area contributed by atoms with E-state index in [1.807, 2.05) is 11.6 Å². The zero-order valence-electron chi connectivity index (χ0n) is 9.82. The highest BCUT2D eigenvalue weighted by Gasteiger charge is 2.12. The second-order valence-electron chi connectivity index (χ2n) is 3.38. The molecule has 0 aliphatic carbocycles. The normalized spacial score (nSPS) is 11.5. The first-order valence-electron chi connectivity index (χ1n) is 5.17. The van der Waals surface area contributed by atoms with E-state index in [1.54, 1.807) is 17.8 Å². The van der Waals surface area contributed by atoms with Gasteiger partial charge in [-0.05, 0) is 17.7 Å². The van der Waals surface area contributed by atoms with Crippen LogP contribution >= 0.6 is 23.1 Å². The Kier molecular flexibility index (Phi) is 6.12. The lowest BCUT2D eigenvalue weighted by Gasteiger charge is -2.09. The molecule has 1 unspecified atom stereocenters. The molecule has 2 N–H and O–H groups in total. The van der Waals surface area contributed by atoms with Crippen molar-refractivity contribution in [1.82, 2.24) is 5.32 Å². The third kappa shape index (κ3) is 4.43. The van der Waals surface area contributed by atoms with E-state index in [0.717, 1.165) is 0 Å². The number of carbonyl (C=O) groups excluding carboxylic acids is 1. The van der Waals surface area contributed by atoms with E-state index in [-0.39, 0.29) is 12.5 Å². The van der Waals surface area contributed by atoms with Crippen molar-refractivity contribution in [2.75, 3.05) is 19.4 Å². The summed E-state index contributed by atoms with van der Waals surface area (Å²) in [6.07, 6.45) is 2.01. The fraction of sp³-hybridized carbons (Fsp3) is 0.417. The van der Waals surface area contributed by atoms with Gasteiger partial charge in [0.25, 0.3) is 5.91 Å². The van der Waals surface area contributed by atoms with Gasteiger partial charge in [-0.3, -0.25) is 4.79 Å². The van der Waals surface area contributed by atoms with Crippen LogP contribution in [0, 0.1) is 11.8 Å². The summed E-state index contributed by atoms with van der Waals surface area (Å²) in [7, 11) is 0. The molecule has 17 heavy (non-hydrogen) atoms. The number of aliphatic hydroxyl groups excluding tert-OH is 1. The summed E-state index contributed by atoms with van der Waals surface area (Å²) in [5.41, 5.74) is 0.679. The van der Waals surface area contributed by atoms with E-state index < -0.39 is 0 Å². The Morgan fingerprint density at radius 2 is 2.47 bits per heavy atom. The predicted molar refractivity (Wildman–Crippen MR) is 73.6 cm³/mol. The van der Waals surface area contributed by atoms with Crippen LogP contribution in [0.5, 0.6) is 0 Å². The third-order valence-corrected chi connectivity index (χ3v) is 4.01. The number of aliphatic hydroxyl groups is 1. The van der Waals surface area contributed by atoms with Crippen molar-refractivity contribution in [2.24, 2.45) is 0 Å². The molecule has 0 aliphatic rings. The zero-order chi connectivity index (χ0) is 12.7. The smallest absolute Gasteiger partial charge is 0.262 e. The number of nitrogens with one attached hydrogen (secondary N) is 1. The molecule has 0 bridgehead atoms. The topological polar surface area (TPSA) is 49.3 Å². The van der Waals surface area contributed by atoms with Gasteiger partial charge < -0.3 is 10.4 Å². The molecule has 1 heterocycles. The average molecular weight is 269 g/mol. The van der Waals surface area contributed by atoms with E-state index in [2.05, 4.69) is 24.1 Å². The largest absolute Gasteiger partial charge is 0.384 e. The molecule has 1 aromatic heterocycles. The number of rotatable bonds is 4. The maximum absolute atomic E-state index is 11.9. The standard InChI is InChI=1S/C12H15NO2S2/c1-9(16-2)8-13-12(15)11-10(4-3-6-14)5-7-17-11/h5,7,9,14H,6,8H2,1-2H3,(H,13,15). The summed E-state index contributed by atoms with van der Waals surface area (Å²) in [5, 5.41) is 13.7. The van der Waals surface area contributed by atoms with Gasteiger partial charge in [0.2, 0.25) is 0 Å². The molecule has 5 heteroatoms. The maximum Gasteiger partial charge on any atom is 0.262 e. The Hall–Kier alpha value is -0.960. The molecule has 1 rings (SSSR count). The molecule has 0 spiro atoms. The molecule has 0 saturated carbocycles. The summed E-state index contributed by atoms with van der Waals surface area (Å²) in [6, 6.07) is 1.79. The minimum absolute atomic E-state index is 0.0943. The second kappa shape index (κ2) is 7.38. The SMILES string of the molecule is CSC(C)CNC(=O)c1sccc1C#CCO. The highest BCUT2D eigenvalue weighted by atomic mass is 32.2. The first kappa shape index (κ1) is 14.1. The van der Waals surface area contributed by atoms with E-state index in [4.69, 9.17) is 5.11 Å². The van der Waals surface area contributed by atoms with Crippen LogP contribution in [0.15, 0.2) is 11.4 Å². The minimum atomic E-state index is -0.194. The Bertz CT molecular complexity index is 431. The lowest BCUT2D eigenvalue weighted by Crippen LogP contribution is -2.29. The predicted octanol–water partition coefficient (Wildman–Crippen LogP) is 1.57. The van der Waals surface area contributed by atoms with Gasteiger partial charge in [0.15, 0.2) is 0 Å². The Balaban J connectivity index is 2.66. The quantitative estimate of drug-likeness (QED) is 0.816. The van der Waals surface area contributed by atoms with Crippen molar-refractivity contribution in [3.63, 3.8) is 0 Å². The molecule has 0 aromatic carbocycles. The third-order valence-electron chi connectivity index (χ3n) is 2.13. The highest BCUT2D eigenvalue weighted by molar-refractivity contribution is 7.99. The molecule has 1 aromatic rings. The number of thiophene rings is 1. The molecule has 0 radical (unpaired) electrons. The van der Waals surface area contributed by atoms with Crippen LogP contribution in [-0.2, 0) is 0 Å². The van der Waals surface area contributed by atoms with Gasteiger partial charge in [0.1, 0.15) is 11.5 Å². The van der Waals surface area contributed by atoms with Gasteiger partial charge in [0, 0.05) is 17.4 Å². The highest BCUT2D eigenvalue weighted by Crippen LogP contribution is 2.15. The summed E-state index contributed by atoms with van der Waals surface area (Å²) < 4.78 is 0. The van der Waals surface area contributed by atoms with Crippen molar-refractivity contribution in [2.45, 2.75) is 12.2 Å². The number of hydrogen-bond donors (Lipinski definition) is 2. The monoisotopic (exact) mass is 269 g/mol. The number of thioether (sulfide) groups is 1. The van der Waals surface area contributed by atoms with Gasteiger partial charge in [-0.1, -0.05) is 18.8 Å². The van der Waals surface area contributed by atoms with Gasteiger partial charge in [-0.25, -0.2) is 0 Å². The van der Waals surface area contributed by atoms with Crippen molar-refractivity contribution >= 4 is 29.0 Å². The summed E-state index contributed by atoms with van der Waals surface area (Å²) in [4.78, 5) is 12.5. The first-order chi connectivity index (χ1) is 8.19. The van der Waals surface area contributed by atoms with Crippen LogP contribution in [0.1, 0.15) is 22.2 Å². The van der Waals surface area contributed by atoms with Crippen LogP contribution in [0.4, 0.5) is 0 Å². The molecule has 1 atom stereocenters. The molecule has 1 amide bonds. The van der Waals surface area contributed by atoms with Crippen LogP contribution in [0.2, 0.25) is 0 Å². The fourth-order valence-electron chi connectivity index (χ4n) is 1.12. The van der Waals surface area contributed by atoms with E-state index in [0.29, 0.717) is 22.2 Å². The lowest BCUT2D eigenvalue weighted by molar-refractivity contribution is 0.0958. The lowest BCUT2D eigenvalue weighted by atomic mass is 10.2. The van der Waals surface area contributed by atoms with E-state index in [1.165, 1.54) is 11.3 Å². The van der Waals surface area contributed by atoms with E-state index >= 15 is 0 Å². The molecular formula is C12H15NO2S2. The maximum atomic E-state index is 11.9. The summed E-state index contributed by atoms with van der Waals surface area (Å²) in [6.45, 7) is 2.51. The Morgan fingerprint density at radius 1 is 1.71 bits per heavy atom. The van der Waals surface area contributed by atoms with Gasteiger partial charge in [0.05, 0.1) is 0 Å². The fourth-order valence-corrected chi connectivity index (χ4v) is 2.13. The number of hydrogen-bond acceptors (Lipinski definition) is 4. The Labute approximate surface area is 110 Å². The summed E-state index contributed by atoms with van der Waals surface area (Å²) >= 11 is 3.07. The van der Waals surface area contributed by atoms with Crippen LogP contribution < -0.4 is 5.32 Å². The zero-order valence-corrected chi connectivity index (χ0v) is 11.5. The molecule has 0 fully saturated rings. The van der Waals surface area contributed by atoms with Gasteiger partial charge in [-0.15, -0.1) is 11.3 Å². The van der Waals surface area contributed by atoms with E-state index in [9.17, 15) is 4.79 Å². The molecule has 92 valence electrons. The molecule has 0 saturated heterocycles. The summed E-state index contributed by atoms with van der Waals surface area (Å²) in [5.74, 6) is 5.23. The molecular weight excluding hydrogens is 254 g/mol. The minimum Gasteiger partial charge on any atom is -0.384 e. The second-order valence-corrected chi connectivity index (χ2v) is 5.57. The first-order valence-corrected chi connectivity index (χ1v) is 7.34. The molecule has 0 aliphatic heterocycles. The van der Waals surface area contributed by atoms with Crippen molar-refractivity contribution in [1.29, 1.82) is 0 Å². The average Bonchev–Trinajstić information content (AvgIpc) is 2.81. The molecule has 3 nitrogen and oxygen atoms in total. The van der Waals surface area contributed by atoms with Gasteiger partial charge in [-0.2, -0.15) is 11.8 Å². The van der Waals surface area contributed by atoms with Crippen molar-refractivity contribution in [3.05, 3.63) is 21.9 Å². The Morgan fingerprint density at radius 3 is 3.12 bits per heavy atom. The number of amides is 1. The van der Waals surface area contributed by atoms with Crippen molar-refractivity contribution < 1.29 is 9.90 Å². The van der Waals surface area contributed by atoms with Gasteiger partial charge >= 0.3 is 0 Å². The van der Waals surface area contributed by atoms with Crippen LogP contribution in [-0.4, -0.2) is 35.7 Å². The van der Waals surface area contributed by atoms with Crippen molar-refractivity contribution in [3.8, 4) is 11.8 Å². The number of carbonyl (C=O) groups is 1. The van der Waals surface area contributed by atoms with Crippen LogP contribution in [0.3, 0.4) is 0 Å².